The van der Waals surface area contributed by atoms with Gasteiger partial charge in [0.25, 0.3) is 5.91 Å². The largest absolute Gasteiger partial charge is 0.360 e. The fourth-order valence-electron chi connectivity index (χ4n) is 2.38. The van der Waals surface area contributed by atoms with E-state index in [0.29, 0.717) is 5.01 Å². The Morgan fingerprint density at radius 3 is 2.84 bits per heavy atom. The number of anilines is 1. The van der Waals surface area contributed by atoms with Gasteiger partial charge in [0, 0.05) is 13.1 Å². The van der Waals surface area contributed by atoms with E-state index >= 15 is 0 Å². The third kappa shape index (κ3) is 4.45. The van der Waals surface area contributed by atoms with Crippen LogP contribution in [0.25, 0.3) is 0 Å². The maximum atomic E-state index is 11.9. The van der Waals surface area contributed by atoms with Crippen molar-refractivity contribution < 1.29 is 4.79 Å². The quantitative estimate of drug-likeness (QED) is 0.807. The molecule has 1 saturated carbocycles. The molecule has 19 heavy (non-hydrogen) atoms. The minimum Gasteiger partial charge on any atom is -0.360 e. The van der Waals surface area contributed by atoms with Crippen LogP contribution in [0, 0.1) is 5.92 Å². The predicted octanol–water partition coefficient (Wildman–Crippen LogP) is 2.67. The van der Waals surface area contributed by atoms with E-state index in [0.717, 1.165) is 37.0 Å². The van der Waals surface area contributed by atoms with Crippen molar-refractivity contribution in [2.75, 3.05) is 18.4 Å². The lowest BCUT2D eigenvalue weighted by Gasteiger charge is -2.08. The first-order valence-corrected chi connectivity index (χ1v) is 7.97. The summed E-state index contributed by atoms with van der Waals surface area (Å²) in [5.41, 5.74) is 0. The number of amides is 1. The van der Waals surface area contributed by atoms with E-state index in [9.17, 15) is 4.79 Å². The second kappa shape index (κ2) is 7.43. The highest BCUT2D eigenvalue weighted by atomic mass is 32.1. The maximum absolute atomic E-state index is 11.9. The van der Waals surface area contributed by atoms with Crippen molar-refractivity contribution in [3.8, 4) is 0 Å². The van der Waals surface area contributed by atoms with Crippen LogP contribution in [-0.2, 0) is 0 Å². The van der Waals surface area contributed by atoms with Crippen LogP contribution < -0.4 is 10.6 Å². The van der Waals surface area contributed by atoms with E-state index in [1.807, 2.05) is 0 Å². The predicted molar refractivity (Wildman–Crippen MR) is 77.6 cm³/mol. The Morgan fingerprint density at radius 2 is 2.11 bits per heavy atom. The lowest BCUT2D eigenvalue weighted by molar-refractivity contribution is 0.0950. The molecule has 1 aliphatic carbocycles. The highest BCUT2D eigenvalue weighted by Gasteiger charge is 2.16. The van der Waals surface area contributed by atoms with Crippen LogP contribution in [-0.4, -0.2) is 29.2 Å². The Morgan fingerprint density at radius 1 is 1.32 bits per heavy atom. The smallest absolute Gasteiger partial charge is 0.282 e. The van der Waals surface area contributed by atoms with Crippen molar-refractivity contribution in [1.29, 1.82) is 0 Å². The molecule has 0 spiro atoms. The average molecular weight is 282 g/mol. The zero-order chi connectivity index (χ0) is 13.5. The van der Waals surface area contributed by atoms with Gasteiger partial charge in [0.15, 0.2) is 0 Å². The SMILES string of the molecule is CCCNc1nnc(C(=O)NCCC2CCCC2)s1. The van der Waals surface area contributed by atoms with Gasteiger partial charge in [0.2, 0.25) is 10.1 Å². The Balaban J connectivity index is 1.71. The van der Waals surface area contributed by atoms with Crippen LogP contribution in [0.1, 0.15) is 55.3 Å². The van der Waals surface area contributed by atoms with Gasteiger partial charge in [-0.3, -0.25) is 4.79 Å². The molecule has 0 saturated heterocycles. The van der Waals surface area contributed by atoms with Gasteiger partial charge in [0.1, 0.15) is 0 Å². The van der Waals surface area contributed by atoms with Crippen molar-refractivity contribution in [3.63, 3.8) is 0 Å². The molecule has 2 rings (SSSR count). The van der Waals surface area contributed by atoms with Gasteiger partial charge in [-0.05, 0) is 18.8 Å². The van der Waals surface area contributed by atoms with Gasteiger partial charge in [-0.25, -0.2) is 0 Å². The zero-order valence-corrected chi connectivity index (χ0v) is 12.3. The summed E-state index contributed by atoms with van der Waals surface area (Å²) in [6.07, 6.45) is 7.45. The molecular formula is C13H22N4OS. The third-order valence-electron chi connectivity index (χ3n) is 3.46. The maximum Gasteiger partial charge on any atom is 0.282 e. The summed E-state index contributed by atoms with van der Waals surface area (Å²) in [4.78, 5) is 11.9. The fourth-order valence-corrected chi connectivity index (χ4v) is 3.07. The van der Waals surface area contributed by atoms with Crippen LogP contribution in [0.4, 0.5) is 5.13 Å². The molecule has 1 fully saturated rings. The Hall–Kier alpha value is -1.17. The highest BCUT2D eigenvalue weighted by molar-refractivity contribution is 7.17. The minimum atomic E-state index is -0.0972. The summed E-state index contributed by atoms with van der Waals surface area (Å²) in [5.74, 6) is 0.705. The van der Waals surface area contributed by atoms with E-state index in [1.165, 1.54) is 37.0 Å². The molecular weight excluding hydrogens is 260 g/mol. The zero-order valence-electron chi connectivity index (χ0n) is 11.4. The first kappa shape index (κ1) is 14.2. The number of nitrogens with zero attached hydrogens (tertiary/aromatic N) is 2. The van der Waals surface area contributed by atoms with Gasteiger partial charge in [0.05, 0.1) is 0 Å². The number of carbonyl (C=O) groups is 1. The van der Waals surface area contributed by atoms with Gasteiger partial charge in [-0.1, -0.05) is 43.9 Å². The molecule has 0 unspecified atom stereocenters. The number of hydrogen-bond donors (Lipinski definition) is 2. The van der Waals surface area contributed by atoms with Crippen LogP contribution in [0.15, 0.2) is 0 Å². The summed E-state index contributed by atoms with van der Waals surface area (Å²) < 4.78 is 0. The van der Waals surface area contributed by atoms with E-state index in [4.69, 9.17) is 0 Å². The molecule has 106 valence electrons. The van der Waals surface area contributed by atoms with Crippen molar-refractivity contribution in [2.45, 2.75) is 45.4 Å². The first-order chi connectivity index (χ1) is 9.29. The van der Waals surface area contributed by atoms with Crippen molar-refractivity contribution in [2.24, 2.45) is 5.92 Å². The number of rotatable bonds is 7. The molecule has 1 aromatic heterocycles. The molecule has 0 aliphatic heterocycles. The molecule has 5 nitrogen and oxygen atoms in total. The van der Waals surface area contributed by atoms with Crippen molar-refractivity contribution in [1.82, 2.24) is 15.5 Å². The Labute approximate surface area is 118 Å². The molecule has 1 aromatic rings. The van der Waals surface area contributed by atoms with Crippen molar-refractivity contribution >= 4 is 22.4 Å². The standard InChI is InChI=1S/C13H22N4OS/c1-2-8-15-13-17-16-12(19-13)11(18)14-9-7-10-5-3-4-6-10/h10H,2-9H2,1H3,(H,14,18)(H,15,17). The molecule has 1 amide bonds. The second-order valence-corrected chi connectivity index (χ2v) is 6.01. The molecule has 2 N–H and O–H groups in total. The summed E-state index contributed by atoms with van der Waals surface area (Å²) in [5, 5.41) is 15.1. The third-order valence-corrected chi connectivity index (χ3v) is 4.34. The van der Waals surface area contributed by atoms with Gasteiger partial charge in [-0.2, -0.15) is 0 Å². The Bertz CT molecular complexity index is 401. The normalized spacial score (nSPS) is 15.6. The van der Waals surface area contributed by atoms with Crippen molar-refractivity contribution in [3.05, 3.63) is 5.01 Å². The fraction of sp³-hybridized carbons (Fsp3) is 0.769. The minimum absolute atomic E-state index is 0.0972. The highest BCUT2D eigenvalue weighted by Crippen LogP contribution is 2.26. The van der Waals surface area contributed by atoms with Crippen LogP contribution >= 0.6 is 11.3 Å². The summed E-state index contributed by atoms with van der Waals surface area (Å²) in [7, 11) is 0. The van der Waals surface area contributed by atoms with Crippen LogP contribution in [0.3, 0.4) is 0 Å². The van der Waals surface area contributed by atoms with E-state index in [-0.39, 0.29) is 5.91 Å². The molecule has 0 radical (unpaired) electrons. The molecule has 0 aromatic carbocycles. The van der Waals surface area contributed by atoms with Crippen LogP contribution in [0.2, 0.25) is 0 Å². The number of hydrogen-bond acceptors (Lipinski definition) is 5. The topological polar surface area (TPSA) is 66.9 Å². The monoisotopic (exact) mass is 282 g/mol. The number of carbonyl (C=O) groups excluding carboxylic acids is 1. The molecule has 0 atom stereocenters. The summed E-state index contributed by atoms with van der Waals surface area (Å²) in [6.45, 7) is 3.70. The molecule has 1 heterocycles. The van der Waals surface area contributed by atoms with Gasteiger partial charge < -0.3 is 10.6 Å². The second-order valence-electron chi connectivity index (χ2n) is 5.03. The van der Waals surface area contributed by atoms with Gasteiger partial charge >= 0.3 is 0 Å². The summed E-state index contributed by atoms with van der Waals surface area (Å²) >= 11 is 1.32. The lowest BCUT2D eigenvalue weighted by Crippen LogP contribution is -2.25. The summed E-state index contributed by atoms with van der Waals surface area (Å²) in [6, 6.07) is 0. The van der Waals surface area contributed by atoms with E-state index < -0.39 is 0 Å². The number of nitrogens with one attached hydrogen (secondary N) is 2. The van der Waals surface area contributed by atoms with E-state index in [1.54, 1.807) is 0 Å². The molecule has 1 aliphatic rings. The lowest BCUT2D eigenvalue weighted by atomic mass is 10.0. The first-order valence-electron chi connectivity index (χ1n) is 7.15. The average Bonchev–Trinajstić information content (AvgIpc) is 3.07. The number of aromatic nitrogens is 2. The van der Waals surface area contributed by atoms with E-state index in [2.05, 4.69) is 27.8 Å². The van der Waals surface area contributed by atoms with Crippen LogP contribution in [0.5, 0.6) is 0 Å². The Kier molecular flexibility index (Phi) is 5.57. The van der Waals surface area contributed by atoms with Gasteiger partial charge in [-0.15, -0.1) is 10.2 Å². The molecule has 6 heteroatoms. The molecule has 0 bridgehead atoms.